The first kappa shape index (κ1) is 15.7. The fraction of sp³-hybridized carbons (Fsp3) is 0.353. The van der Waals surface area contributed by atoms with Crippen LogP contribution in [0.15, 0.2) is 29.3 Å². The predicted molar refractivity (Wildman–Crippen MR) is 85.6 cm³/mol. The molecule has 120 valence electrons. The van der Waals surface area contributed by atoms with Gasteiger partial charge in [0.1, 0.15) is 12.4 Å². The Balaban J connectivity index is 1.90. The molecule has 2 aliphatic rings. The quantitative estimate of drug-likeness (QED) is 0.794. The van der Waals surface area contributed by atoms with Crippen molar-refractivity contribution in [3.63, 3.8) is 0 Å². The molecule has 23 heavy (non-hydrogen) atoms. The third kappa shape index (κ3) is 2.88. The van der Waals surface area contributed by atoms with Gasteiger partial charge in [0.15, 0.2) is 5.78 Å². The topological polar surface area (TPSA) is 63.7 Å². The van der Waals surface area contributed by atoms with Crippen molar-refractivity contribution >= 4 is 34.9 Å². The Morgan fingerprint density at radius 2 is 1.78 bits per heavy atom. The lowest BCUT2D eigenvalue weighted by Gasteiger charge is -2.17. The summed E-state index contributed by atoms with van der Waals surface area (Å²) in [5, 5.41) is 0.326. The van der Waals surface area contributed by atoms with Crippen LogP contribution in [0.3, 0.4) is 0 Å². The highest BCUT2D eigenvalue weighted by Gasteiger charge is 2.39. The zero-order valence-electron chi connectivity index (χ0n) is 12.7. The molecule has 5 nitrogen and oxygen atoms in total. The van der Waals surface area contributed by atoms with Crippen LogP contribution >= 0.6 is 11.6 Å². The average molecular weight is 334 g/mol. The second-order valence-corrected chi connectivity index (χ2v) is 6.12. The van der Waals surface area contributed by atoms with E-state index in [0.29, 0.717) is 34.7 Å². The number of carbonyl (C=O) groups is 3. The minimum atomic E-state index is -0.260. The number of hydrogen-bond donors (Lipinski definition) is 0. The summed E-state index contributed by atoms with van der Waals surface area (Å²) in [6.07, 6.45) is 3.16. The molecule has 0 radical (unpaired) electrons. The maximum absolute atomic E-state index is 12.5. The second-order valence-electron chi connectivity index (χ2n) is 5.72. The Kier molecular flexibility index (Phi) is 4.22. The Bertz CT molecular complexity index is 710. The molecular formula is C17H16ClNO4. The van der Waals surface area contributed by atoms with Crippen molar-refractivity contribution < 1.29 is 19.1 Å². The molecule has 1 aromatic carbocycles. The molecule has 0 atom stereocenters. The molecule has 0 N–H and O–H groups in total. The lowest BCUT2D eigenvalue weighted by atomic mass is 9.93. The molecular weight excluding hydrogens is 318 g/mol. The van der Waals surface area contributed by atoms with Crippen molar-refractivity contribution in [3.8, 4) is 5.75 Å². The summed E-state index contributed by atoms with van der Waals surface area (Å²) >= 11 is 6.05. The molecule has 1 aliphatic carbocycles. The standard InChI is InChI=1S/C17H16ClNO4/c1-10(20)9-23-15-8-11(6-7-14(15)18)19-16(21)12-4-2-3-5-13(12)17(19)22/h6-8H,2-5,9H2,1H3. The highest BCUT2D eigenvalue weighted by molar-refractivity contribution is 6.34. The van der Waals surface area contributed by atoms with Crippen LogP contribution in [0.2, 0.25) is 5.02 Å². The summed E-state index contributed by atoms with van der Waals surface area (Å²) in [5.74, 6) is -0.379. The van der Waals surface area contributed by atoms with Crippen molar-refractivity contribution in [1.29, 1.82) is 0 Å². The van der Waals surface area contributed by atoms with E-state index in [4.69, 9.17) is 16.3 Å². The monoisotopic (exact) mass is 333 g/mol. The van der Waals surface area contributed by atoms with Crippen molar-refractivity contribution in [2.24, 2.45) is 0 Å². The molecule has 0 unspecified atom stereocenters. The molecule has 1 aliphatic heterocycles. The van der Waals surface area contributed by atoms with Gasteiger partial charge in [-0.2, -0.15) is 0 Å². The number of nitrogens with zero attached hydrogens (tertiary/aromatic N) is 1. The number of benzene rings is 1. The van der Waals surface area contributed by atoms with E-state index in [1.165, 1.54) is 17.9 Å². The van der Waals surface area contributed by atoms with E-state index in [0.717, 1.165) is 12.8 Å². The molecule has 0 saturated carbocycles. The van der Waals surface area contributed by atoms with E-state index in [1.807, 2.05) is 0 Å². The van der Waals surface area contributed by atoms with Crippen molar-refractivity contribution in [2.75, 3.05) is 11.5 Å². The van der Waals surface area contributed by atoms with Crippen molar-refractivity contribution in [1.82, 2.24) is 0 Å². The third-order valence-electron chi connectivity index (χ3n) is 3.99. The van der Waals surface area contributed by atoms with Gasteiger partial charge in [0, 0.05) is 17.2 Å². The van der Waals surface area contributed by atoms with E-state index in [1.54, 1.807) is 12.1 Å². The maximum Gasteiger partial charge on any atom is 0.261 e. The first-order valence-electron chi connectivity index (χ1n) is 7.51. The molecule has 0 bridgehead atoms. The maximum atomic E-state index is 12.5. The van der Waals surface area contributed by atoms with Gasteiger partial charge in [-0.05, 0) is 44.7 Å². The van der Waals surface area contributed by atoms with Crippen LogP contribution in [0, 0.1) is 0 Å². The molecule has 0 spiro atoms. The molecule has 3 rings (SSSR count). The molecule has 1 heterocycles. The zero-order valence-corrected chi connectivity index (χ0v) is 13.5. The van der Waals surface area contributed by atoms with Gasteiger partial charge in [-0.1, -0.05) is 11.6 Å². The van der Waals surface area contributed by atoms with Gasteiger partial charge in [-0.25, -0.2) is 4.90 Å². The Hall–Kier alpha value is -2.14. The fourth-order valence-corrected chi connectivity index (χ4v) is 3.07. The summed E-state index contributed by atoms with van der Waals surface area (Å²) in [5.41, 5.74) is 1.67. The molecule has 0 aromatic heterocycles. The summed E-state index contributed by atoms with van der Waals surface area (Å²) in [7, 11) is 0. The van der Waals surface area contributed by atoms with E-state index in [-0.39, 0.29) is 30.0 Å². The summed E-state index contributed by atoms with van der Waals surface area (Å²) in [6, 6.07) is 4.70. The molecule has 0 fully saturated rings. The highest BCUT2D eigenvalue weighted by atomic mass is 35.5. The van der Waals surface area contributed by atoms with Gasteiger partial charge in [0.2, 0.25) is 0 Å². The Morgan fingerprint density at radius 3 is 2.35 bits per heavy atom. The lowest BCUT2D eigenvalue weighted by molar-refractivity contribution is -0.121. The molecule has 6 heteroatoms. The van der Waals surface area contributed by atoms with Crippen LogP contribution in [-0.2, 0) is 14.4 Å². The number of rotatable bonds is 4. The van der Waals surface area contributed by atoms with E-state index in [9.17, 15) is 14.4 Å². The first-order chi connectivity index (χ1) is 11.0. The summed E-state index contributed by atoms with van der Waals surface area (Å²) in [6.45, 7) is 1.29. The van der Waals surface area contributed by atoms with Crippen LogP contribution < -0.4 is 9.64 Å². The molecule has 2 amide bonds. The number of Topliss-reactive ketones (excluding diaryl/α,β-unsaturated/α-hetero) is 1. The van der Waals surface area contributed by atoms with Gasteiger partial charge in [0.05, 0.1) is 10.7 Å². The van der Waals surface area contributed by atoms with Crippen LogP contribution in [-0.4, -0.2) is 24.2 Å². The number of halogens is 1. The number of anilines is 1. The van der Waals surface area contributed by atoms with Crippen LogP contribution in [0.25, 0.3) is 0 Å². The molecule has 0 saturated heterocycles. The fourth-order valence-electron chi connectivity index (χ4n) is 2.90. The number of ether oxygens (including phenoxy) is 1. The van der Waals surface area contributed by atoms with Crippen molar-refractivity contribution in [2.45, 2.75) is 32.6 Å². The summed E-state index contributed by atoms with van der Waals surface area (Å²) in [4.78, 5) is 37.3. The highest BCUT2D eigenvalue weighted by Crippen LogP contribution is 2.37. The third-order valence-corrected chi connectivity index (χ3v) is 4.31. The van der Waals surface area contributed by atoms with E-state index in [2.05, 4.69) is 0 Å². The van der Waals surface area contributed by atoms with Gasteiger partial charge >= 0.3 is 0 Å². The minimum Gasteiger partial charge on any atom is -0.484 e. The lowest BCUT2D eigenvalue weighted by Crippen LogP contribution is -2.31. The number of ketones is 1. The largest absolute Gasteiger partial charge is 0.484 e. The van der Waals surface area contributed by atoms with Crippen LogP contribution in [0.1, 0.15) is 32.6 Å². The van der Waals surface area contributed by atoms with Gasteiger partial charge in [0.25, 0.3) is 11.8 Å². The predicted octanol–water partition coefficient (Wildman–Crippen LogP) is 3.05. The number of carbonyl (C=O) groups excluding carboxylic acids is 3. The summed E-state index contributed by atoms with van der Waals surface area (Å²) < 4.78 is 5.34. The van der Waals surface area contributed by atoms with Gasteiger partial charge < -0.3 is 4.74 Å². The molecule has 1 aromatic rings. The Morgan fingerprint density at radius 1 is 1.17 bits per heavy atom. The van der Waals surface area contributed by atoms with Crippen LogP contribution in [0.4, 0.5) is 5.69 Å². The number of amides is 2. The minimum absolute atomic E-state index is 0.111. The normalized spacial score (nSPS) is 17.6. The van der Waals surface area contributed by atoms with Gasteiger partial charge in [-0.15, -0.1) is 0 Å². The van der Waals surface area contributed by atoms with Gasteiger partial charge in [-0.3, -0.25) is 14.4 Å². The van der Waals surface area contributed by atoms with E-state index >= 15 is 0 Å². The van der Waals surface area contributed by atoms with E-state index < -0.39 is 0 Å². The number of imide groups is 1. The zero-order chi connectivity index (χ0) is 16.6. The second kappa shape index (κ2) is 6.16. The SMILES string of the molecule is CC(=O)COc1cc(N2C(=O)C3=C(CCCC3)C2=O)ccc1Cl. The smallest absolute Gasteiger partial charge is 0.261 e. The average Bonchev–Trinajstić information content (AvgIpc) is 2.79. The first-order valence-corrected chi connectivity index (χ1v) is 7.89. The number of hydrogen-bond acceptors (Lipinski definition) is 4. The van der Waals surface area contributed by atoms with Crippen molar-refractivity contribution in [3.05, 3.63) is 34.4 Å². The van der Waals surface area contributed by atoms with Crippen LogP contribution in [0.5, 0.6) is 5.75 Å². The Labute approximate surface area is 138 Å².